The average molecular weight is 605 g/mol. The molecule has 0 bridgehead atoms. The number of hydrogen-bond donors (Lipinski definition) is 1. The fraction of sp³-hybridized carbons (Fsp3) is 0.919. The molecule has 0 aromatic rings. The summed E-state index contributed by atoms with van der Waals surface area (Å²) in [5.74, 6) is 0.0896. The summed E-state index contributed by atoms with van der Waals surface area (Å²) in [4.78, 5) is 43.2. The first-order valence-electron chi connectivity index (χ1n) is 18.4. The number of amides is 4. The van der Waals surface area contributed by atoms with Gasteiger partial charge in [-0.05, 0) is 53.4 Å². The highest BCUT2D eigenvalue weighted by molar-refractivity contribution is 5.98. The molecule has 0 unspecified atom stereocenters. The van der Waals surface area contributed by atoms with E-state index in [0.717, 1.165) is 25.7 Å². The number of carbonyl (C=O) groups excluding carboxylic acids is 3. The number of nitrogens with zero attached hydrogens (tertiary/aromatic N) is 2. The molecule has 0 radical (unpaired) electrons. The van der Waals surface area contributed by atoms with Crippen molar-refractivity contribution in [3.05, 3.63) is 0 Å². The van der Waals surface area contributed by atoms with Gasteiger partial charge in [-0.3, -0.25) is 10.1 Å². The molecule has 2 fully saturated rings. The molecule has 250 valence electrons. The van der Waals surface area contributed by atoms with Crippen LogP contribution in [0, 0.1) is 0 Å². The first kappa shape index (κ1) is 37.8. The summed E-state index contributed by atoms with van der Waals surface area (Å²) >= 11 is 0. The lowest BCUT2D eigenvalue weighted by Crippen LogP contribution is -2.71. The van der Waals surface area contributed by atoms with Crippen molar-refractivity contribution < 1.29 is 18.9 Å². The van der Waals surface area contributed by atoms with E-state index in [9.17, 15) is 14.4 Å². The van der Waals surface area contributed by atoms with Gasteiger partial charge >= 0.3 is 11.9 Å². The molecular formula is C37H70N3O3+. The maximum atomic E-state index is 14.6. The fourth-order valence-electron chi connectivity index (χ4n) is 8.73. The van der Waals surface area contributed by atoms with E-state index >= 15 is 0 Å². The van der Waals surface area contributed by atoms with Gasteiger partial charge in [-0.25, -0.2) is 9.59 Å². The number of nitrogens with one attached hydrogen (secondary N) is 1. The Hall–Kier alpha value is -1.43. The van der Waals surface area contributed by atoms with Gasteiger partial charge in [0.2, 0.25) is 5.91 Å². The third-order valence-corrected chi connectivity index (χ3v) is 10.3. The summed E-state index contributed by atoms with van der Waals surface area (Å²) in [7, 11) is 0. The molecule has 4 amide bonds. The van der Waals surface area contributed by atoms with E-state index < -0.39 is 16.6 Å². The van der Waals surface area contributed by atoms with Crippen LogP contribution >= 0.6 is 0 Å². The van der Waals surface area contributed by atoms with Gasteiger partial charge in [0.1, 0.15) is 0 Å². The van der Waals surface area contributed by atoms with Gasteiger partial charge in [-0.2, -0.15) is 4.48 Å². The highest BCUT2D eigenvalue weighted by atomic mass is 16.2. The Morgan fingerprint density at radius 3 is 1.28 bits per heavy atom. The number of quaternary nitrogens is 1. The Morgan fingerprint density at radius 2 is 0.953 bits per heavy atom. The summed E-state index contributed by atoms with van der Waals surface area (Å²) in [6.07, 6.45) is 25.7. The number of carbonyl (C=O) groups is 3. The van der Waals surface area contributed by atoms with Crippen molar-refractivity contribution in [1.82, 2.24) is 10.2 Å². The van der Waals surface area contributed by atoms with Crippen LogP contribution in [0.3, 0.4) is 0 Å². The largest absolute Gasteiger partial charge is 0.425 e. The highest BCUT2D eigenvalue weighted by Crippen LogP contribution is 2.47. The van der Waals surface area contributed by atoms with Gasteiger partial charge < -0.3 is 4.90 Å². The molecule has 0 saturated carbocycles. The molecule has 2 saturated heterocycles. The van der Waals surface area contributed by atoms with E-state index in [1.807, 2.05) is 32.6 Å². The van der Waals surface area contributed by atoms with Crippen LogP contribution in [0.25, 0.3) is 0 Å². The smallest absolute Gasteiger partial charge is 0.332 e. The third kappa shape index (κ3) is 10.6. The monoisotopic (exact) mass is 605 g/mol. The van der Waals surface area contributed by atoms with Crippen LogP contribution in [0.1, 0.15) is 190 Å². The standard InChI is InChI=1S/C37H69N3O3/c1-8-10-12-14-16-18-20-22-24-26-28-40(29-27-25-23-21-19-17-15-13-11-9-2)33(42)37(38-34(40)43)30-35(4,5)39(32(3)41)36(6,7)31-37/h8-31H2,1-7H3/p+1. The molecule has 0 aromatic carbocycles. The molecule has 6 nitrogen and oxygen atoms in total. The van der Waals surface area contributed by atoms with Crippen LogP contribution < -0.4 is 5.32 Å². The second-order valence-electron chi connectivity index (χ2n) is 15.4. The van der Waals surface area contributed by atoms with Crippen LogP contribution in [-0.2, 0) is 9.59 Å². The Bertz CT molecular complexity index is 823. The first-order chi connectivity index (χ1) is 20.4. The number of urea groups is 1. The summed E-state index contributed by atoms with van der Waals surface area (Å²) in [6, 6.07) is -0.0975. The number of piperidine rings is 1. The van der Waals surface area contributed by atoms with Crippen molar-refractivity contribution in [2.24, 2.45) is 0 Å². The molecule has 2 aliphatic heterocycles. The lowest BCUT2D eigenvalue weighted by molar-refractivity contribution is -0.769. The summed E-state index contributed by atoms with van der Waals surface area (Å²) < 4.78 is -0.0414. The molecule has 1 spiro atoms. The minimum absolute atomic E-state index is 0.0260. The average Bonchev–Trinajstić information content (AvgIpc) is 3.09. The molecule has 43 heavy (non-hydrogen) atoms. The normalized spacial score (nSPS) is 20.1. The fourth-order valence-corrected chi connectivity index (χ4v) is 8.73. The molecule has 0 aromatic heterocycles. The van der Waals surface area contributed by atoms with Gasteiger partial charge in [-0.15, -0.1) is 0 Å². The van der Waals surface area contributed by atoms with Crippen LogP contribution in [0.2, 0.25) is 0 Å². The number of rotatable bonds is 22. The van der Waals surface area contributed by atoms with Crippen LogP contribution in [-0.4, -0.2) is 56.9 Å². The Balaban J connectivity index is 2.03. The van der Waals surface area contributed by atoms with E-state index in [1.54, 1.807) is 6.92 Å². The van der Waals surface area contributed by atoms with Crippen LogP contribution in [0.15, 0.2) is 0 Å². The Morgan fingerprint density at radius 1 is 0.628 bits per heavy atom. The van der Waals surface area contributed by atoms with Gasteiger partial charge in [0.25, 0.3) is 0 Å². The number of unbranched alkanes of at least 4 members (excludes halogenated alkanes) is 18. The van der Waals surface area contributed by atoms with E-state index in [-0.39, 0.29) is 22.3 Å². The van der Waals surface area contributed by atoms with E-state index in [2.05, 4.69) is 19.2 Å². The summed E-state index contributed by atoms with van der Waals surface area (Å²) in [5.41, 5.74) is -1.96. The zero-order chi connectivity index (χ0) is 32.0. The van der Waals surface area contributed by atoms with Crippen molar-refractivity contribution in [1.29, 1.82) is 0 Å². The zero-order valence-electron chi connectivity index (χ0n) is 29.6. The van der Waals surface area contributed by atoms with Gasteiger partial charge in [0.05, 0.1) is 13.1 Å². The lowest BCUT2D eigenvalue weighted by atomic mass is 9.68. The van der Waals surface area contributed by atoms with Gasteiger partial charge in [-0.1, -0.05) is 117 Å². The zero-order valence-corrected chi connectivity index (χ0v) is 29.6. The quantitative estimate of drug-likeness (QED) is 0.0760. The van der Waals surface area contributed by atoms with E-state index in [4.69, 9.17) is 0 Å². The maximum Gasteiger partial charge on any atom is 0.425 e. The molecule has 0 atom stereocenters. The number of likely N-dealkylation sites (tertiary alicyclic amines) is 1. The molecule has 1 N–H and O–H groups in total. The predicted octanol–water partition coefficient (Wildman–Crippen LogP) is 9.83. The predicted molar refractivity (Wildman–Crippen MR) is 180 cm³/mol. The molecule has 2 rings (SSSR count). The van der Waals surface area contributed by atoms with E-state index in [1.165, 1.54) is 103 Å². The van der Waals surface area contributed by atoms with Crippen molar-refractivity contribution in [2.75, 3.05) is 13.1 Å². The number of hydrogen-bond acceptors (Lipinski definition) is 3. The number of imide groups is 1. The second-order valence-corrected chi connectivity index (χ2v) is 15.4. The molecule has 2 heterocycles. The van der Waals surface area contributed by atoms with Gasteiger partial charge in [0, 0.05) is 30.8 Å². The minimum Gasteiger partial charge on any atom is -0.332 e. The third-order valence-electron chi connectivity index (χ3n) is 10.3. The Kier molecular flexibility index (Phi) is 15.7. The van der Waals surface area contributed by atoms with Crippen molar-refractivity contribution in [3.8, 4) is 0 Å². The second kappa shape index (κ2) is 17.9. The van der Waals surface area contributed by atoms with Crippen molar-refractivity contribution in [3.63, 3.8) is 0 Å². The van der Waals surface area contributed by atoms with Crippen LogP contribution in [0.5, 0.6) is 0 Å². The Labute approximate surface area is 266 Å². The van der Waals surface area contributed by atoms with Crippen molar-refractivity contribution >= 4 is 17.8 Å². The topological polar surface area (TPSA) is 66.5 Å². The first-order valence-corrected chi connectivity index (χ1v) is 18.4. The van der Waals surface area contributed by atoms with Crippen LogP contribution in [0.4, 0.5) is 4.79 Å². The molecule has 6 heteroatoms. The SMILES string of the molecule is CCCCCCCCCCCC[N+]1(CCCCCCCCCCCC)C(=O)NC2(CC(C)(C)N(C(C)=O)C(C)(C)C2)C1=O. The summed E-state index contributed by atoms with van der Waals surface area (Å²) in [6.45, 7) is 15.6. The highest BCUT2D eigenvalue weighted by Gasteiger charge is 2.69. The lowest BCUT2D eigenvalue weighted by Gasteiger charge is -2.56. The van der Waals surface area contributed by atoms with E-state index in [0.29, 0.717) is 25.9 Å². The minimum atomic E-state index is -0.910. The molecule has 2 aliphatic rings. The van der Waals surface area contributed by atoms with Crippen molar-refractivity contribution in [2.45, 2.75) is 206 Å². The van der Waals surface area contributed by atoms with Gasteiger partial charge in [0.15, 0.2) is 5.54 Å². The molecular weight excluding hydrogens is 534 g/mol. The molecule has 0 aliphatic carbocycles. The maximum absolute atomic E-state index is 14.6. The summed E-state index contributed by atoms with van der Waals surface area (Å²) in [5, 5.41) is 3.30.